The lowest BCUT2D eigenvalue weighted by atomic mass is 10.2. The molecule has 3 nitrogen and oxygen atoms in total. The van der Waals surface area contributed by atoms with Crippen LogP contribution in [-0.4, -0.2) is 29.1 Å². The Bertz CT molecular complexity index is 311. The lowest BCUT2D eigenvalue weighted by Gasteiger charge is -2.21. The highest BCUT2D eigenvalue weighted by Crippen LogP contribution is 2.06. The van der Waals surface area contributed by atoms with Crippen molar-refractivity contribution in [2.24, 2.45) is 0 Å². The van der Waals surface area contributed by atoms with Gasteiger partial charge in [-0.05, 0) is 12.0 Å². The van der Waals surface area contributed by atoms with Crippen molar-refractivity contribution in [3.63, 3.8) is 0 Å². The van der Waals surface area contributed by atoms with Crippen LogP contribution in [0.1, 0.15) is 25.3 Å². The van der Waals surface area contributed by atoms with E-state index in [1.807, 2.05) is 30.3 Å². The molecule has 0 aliphatic rings. The molecule has 3 heteroatoms. The summed E-state index contributed by atoms with van der Waals surface area (Å²) in [6.45, 7) is 2.98. The number of aliphatic hydroxyl groups is 1. The fraction of sp³-hybridized carbons (Fsp3) is 0.462. The van der Waals surface area contributed by atoms with E-state index in [1.54, 1.807) is 4.90 Å². The minimum atomic E-state index is -0.406. The van der Waals surface area contributed by atoms with Crippen LogP contribution < -0.4 is 0 Å². The Labute approximate surface area is 96.7 Å². The summed E-state index contributed by atoms with van der Waals surface area (Å²) in [4.78, 5) is 13.2. The molecule has 0 aliphatic heterocycles. The molecular weight excluding hydrogens is 202 g/mol. The van der Waals surface area contributed by atoms with Crippen molar-refractivity contribution in [1.29, 1.82) is 0 Å². The lowest BCUT2D eigenvalue weighted by molar-refractivity contribution is -0.134. The zero-order chi connectivity index (χ0) is 11.8. The van der Waals surface area contributed by atoms with Crippen molar-refractivity contribution in [3.8, 4) is 0 Å². The molecule has 0 heterocycles. The summed E-state index contributed by atoms with van der Waals surface area (Å²) >= 11 is 0. The molecule has 0 atom stereocenters. The molecule has 88 valence electrons. The molecule has 0 aromatic heterocycles. The molecule has 0 saturated heterocycles. The molecule has 1 aromatic rings. The molecule has 1 aromatic carbocycles. The Hall–Kier alpha value is -1.35. The van der Waals surface area contributed by atoms with Crippen LogP contribution in [0.2, 0.25) is 0 Å². The third-order valence-electron chi connectivity index (χ3n) is 2.49. The average Bonchev–Trinajstić information content (AvgIpc) is 2.34. The first-order chi connectivity index (χ1) is 7.77. The molecule has 1 amide bonds. The van der Waals surface area contributed by atoms with Crippen LogP contribution in [0.25, 0.3) is 0 Å². The predicted molar refractivity (Wildman–Crippen MR) is 63.9 cm³/mol. The van der Waals surface area contributed by atoms with E-state index >= 15 is 0 Å². The summed E-state index contributed by atoms with van der Waals surface area (Å²) in [5.41, 5.74) is 1.10. The molecule has 16 heavy (non-hydrogen) atoms. The largest absolute Gasteiger partial charge is 0.387 e. The quantitative estimate of drug-likeness (QED) is 0.796. The molecule has 0 radical (unpaired) electrons. The van der Waals surface area contributed by atoms with Crippen LogP contribution >= 0.6 is 0 Å². The number of aliphatic hydroxyl groups excluding tert-OH is 1. The first-order valence-electron chi connectivity index (χ1n) is 5.70. The molecule has 1 rings (SSSR count). The zero-order valence-electron chi connectivity index (χ0n) is 9.72. The maximum atomic E-state index is 11.5. The summed E-state index contributed by atoms with van der Waals surface area (Å²) in [6, 6.07) is 9.84. The van der Waals surface area contributed by atoms with E-state index in [9.17, 15) is 4.79 Å². The number of benzene rings is 1. The van der Waals surface area contributed by atoms with E-state index < -0.39 is 6.61 Å². The second-order valence-electron chi connectivity index (χ2n) is 3.81. The number of amides is 1. The van der Waals surface area contributed by atoms with Gasteiger partial charge in [-0.15, -0.1) is 0 Å². The average molecular weight is 221 g/mol. The summed E-state index contributed by atoms with van der Waals surface area (Å²) in [5.74, 6) is -0.197. The van der Waals surface area contributed by atoms with Gasteiger partial charge in [0.15, 0.2) is 0 Å². The van der Waals surface area contributed by atoms with Crippen molar-refractivity contribution in [3.05, 3.63) is 35.9 Å². The lowest BCUT2D eigenvalue weighted by Crippen LogP contribution is -2.33. The topological polar surface area (TPSA) is 40.5 Å². The van der Waals surface area contributed by atoms with Gasteiger partial charge in [0.05, 0.1) is 0 Å². The second-order valence-corrected chi connectivity index (χ2v) is 3.81. The van der Waals surface area contributed by atoms with E-state index in [4.69, 9.17) is 5.11 Å². The van der Waals surface area contributed by atoms with Gasteiger partial charge in [0, 0.05) is 13.1 Å². The van der Waals surface area contributed by atoms with E-state index in [0.717, 1.165) is 18.4 Å². The van der Waals surface area contributed by atoms with Crippen LogP contribution in [0.15, 0.2) is 30.3 Å². The van der Waals surface area contributed by atoms with E-state index in [1.165, 1.54) is 0 Å². The first kappa shape index (κ1) is 12.7. The highest BCUT2D eigenvalue weighted by molar-refractivity contribution is 5.77. The first-order valence-corrected chi connectivity index (χ1v) is 5.70. The fourth-order valence-corrected chi connectivity index (χ4v) is 1.54. The Morgan fingerprint density at radius 3 is 2.56 bits per heavy atom. The highest BCUT2D eigenvalue weighted by atomic mass is 16.3. The number of nitrogens with zero attached hydrogens (tertiary/aromatic N) is 1. The third kappa shape index (κ3) is 4.03. The fourth-order valence-electron chi connectivity index (χ4n) is 1.54. The monoisotopic (exact) mass is 221 g/mol. The van der Waals surface area contributed by atoms with Gasteiger partial charge < -0.3 is 10.0 Å². The zero-order valence-corrected chi connectivity index (χ0v) is 9.72. The van der Waals surface area contributed by atoms with E-state index in [-0.39, 0.29) is 5.91 Å². The minimum absolute atomic E-state index is 0.197. The predicted octanol–water partition coefficient (Wildman–Crippen LogP) is 1.81. The van der Waals surface area contributed by atoms with Gasteiger partial charge in [-0.25, -0.2) is 0 Å². The van der Waals surface area contributed by atoms with Gasteiger partial charge in [0.1, 0.15) is 6.61 Å². The molecule has 0 unspecified atom stereocenters. The molecule has 1 N–H and O–H groups in total. The van der Waals surface area contributed by atoms with E-state index in [2.05, 4.69) is 6.92 Å². The molecule has 0 fully saturated rings. The maximum Gasteiger partial charge on any atom is 0.248 e. The molecule has 0 saturated carbocycles. The molecule has 0 bridgehead atoms. The third-order valence-corrected chi connectivity index (χ3v) is 2.49. The van der Waals surface area contributed by atoms with Gasteiger partial charge in [-0.2, -0.15) is 0 Å². The Morgan fingerprint density at radius 1 is 1.31 bits per heavy atom. The van der Waals surface area contributed by atoms with Crippen LogP contribution in [0.5, 0.6) is 0 Å². The van der Waals surface area contributed by atoms with Gasteiger partial charge >= 0.3 is 0 Å². The van der Waals surface area contributed by atoms with Gasteiger partial charge in [-0.3, -0.25) is 4.79 Å². The molecular formula is C13H19NO2. The van der Waals surface area contributed by atoms with E-state index in [0.29, 0.717) is 13.1 Å². The van der Waals surface area contributed by atoms with Crippen molar-refractivity contribution in [2.45, 2.75) is 26.3 Å². The highest BCUT2D eigenvalue weighted by Gasteiger charge is 2.11. The molecule has 0 spiro atoms. The van der Waals surface area contributed by atoms with Gasteiger partial charge in [-0.1, -0.05) is 43.7 Å². The number of carbonyl (C=O) groups excluding carboxylic acids is 1. The number of carbonyl (C=O) groups is 1. The Kier molecular flexibility index (Phi) is 5.57. The van der Waals surface area contributed by atoms with Crippen LogP contribution in [0.4, 0.5) is 0 Å². The van der Waals surface area contributed by atoms with Gasteiger partial charge in [0.2, 0.25) is 5.91 Å². The van der Waals surface area contributed by atoms with Crippen molar-refractivity contribution in [1.82, 2.24) is 4.90 Å². The summed E-state index contributed by atoms with van der Waals surface area (Å²) in [7, 11) is 0. The van der Waals surface area contributed by atoms with Crippen molar-refractivity contribution in [2.75, 3.05) is 13.2 Å². The van der Waals surface area contributed by atoms with Crippen molar-refractivity contribution >= 4 is 5.91 Å². The van der Waals surface area contributed by atoms with Crippen LogP contribution in [0.3, 0.4) is 0 Å². The Morgan fingerprint density at radius 2 is 2.00 bits per heavy atom. The van der Waals surface area contributed by atoms with Crippen LogP contribution in [0, 0.1) is 0 Å². The summed E-state index contributed by atoms with van der Waals surface area (Å²) in [5, 5.41) is 8.89. The smallest absolute Gasteiger partial charge is 0.248 e. The molecule has 0 aliphatic carbocycles. The van der Waals surface area contributed by atoms with Crippen LogP contribution in [-0.2, 0) is 11.3 Å². The second kappa shape index (κ2) is 7.01. The van der Waals surface area contributed by atoms with Gasteiger partial charge in [0.25, 0.3) is 0 Å². The number of hydrogen-bond donors (Lipinski definition) is 1. The number of rotatable bonds is 6. The van der Waals surface area contributed by atoms with Crippen molar-refractivity contribution < 1.29 is 9.90 Å². The summed E-state index contributed by atoms with van der Waals surface area (Å²) in [6.07, 6.45) is 2.02. The number of unbranched alkanes of at least 4 members (excludes halogenated alkanes) is 1. The normalized spacial score (nSPS) is 10.1. The number of hydrogen-bond acceptors (Lipinski definition) is 2. The Balaban J connectivity index is 2.59. The SMILES string of the molecule is CCCCN(Cc1ccccc1)C(=O)CO. The minimum Gasteiger partial charge on any atom is -0.387 e. The standard InChI is InChI=1S/C13H19NO2/c1-2-3-9-14(13(16)11-15)10-12-7-5-4-6-8-12/h4-8,15H,2-3,9-11H2,1H3. The maximum absolute atomic E-state index is 11.5. The summed E-state index contributed by atoms with van der Waals surface area (Å²) < 4.78 is 0.